The maximum atomic E-state index is 6.37. The number of aryl methyl sites for hydroxylation is 2. The van der Waals surface area contributed by atoms with Crippen LogP contribution in [0.25, 0.3) is 0 Å². The van der Waals surface area contributed by atoms with Crippen LogP contribution in [0.3, 0.4) is 0 Å². The van der Waals surface area contributed by atoms with Gasteiger partial charge in [0.25, 0.3) is 0 Å². The van der Waals surface area contributed by atoms with Crippen LogP contribution in [0.2, 0.25) is 0 Å². The molecule has 0 spiro atoms. The monoisotopic (exact) mass is 243 g/mol. The van der Waals surface area contributed by atoms with E-state index in [9.17, 15) is 0 Å². The molecular formula is C17H25N. The van der Waals surface area contributed by atoms with Crippen molar-refractivity contribution in [2.75, 3.05) is 0 Å². The molecule has 2 N–H and O–H groups in total. The van der Waals surface area contributed by atoms with Gasteiger partial charge < -0.3 is 5.73 Å². The van der Waals surface area contributed by atoms with Crippen molar-refractivity contribution in [2.45, 2.75) is 63.8 Å². The lowest BCUT2D eigenvalue weighted by atomic mass is 9.94. The summed E-state index contributed by atoms with van der Waals surface area (Å²) < 4.78 is 0. The summed E-state index contributed by atoms with van der Waals surface area (Å²) in [6, 6.07) is 7.22. The summed E-state index contributed by atoms with van der Waals surface area (Å²) in [4.78, 5) is 0. The van der Waals surface area contributed by atoms with Crippen molar-refractivity contribution in [1.29, 1.82) is 0 Å². The molecule has 0 amide bonds. The lowest BCUT2D eigenvalue weighted by Gasteiger charge is -2.16. The second kappa shape index (κ2) is 5.44. The zero-order chi connectivity index (χ0) is 12.4. The van der Waals surface area contributed by atoms with E-state index in [1.807, 2.05) is 0 Å². The number of nitrogens with two attached hydrogens (primary N) is 1. The highest BCUT2D eigenvalue weighted by Crippen LogP contribution is 2.32. The van der Waals surface area contributed by atoms with Crippen molar-refractivity contribution in [3.8, 4) is 0 Å². The maximum absolute atomic E-state index is 6.37. The highest BCUT2D eigenvalue weighted by molar-refractivity contribution is 5.36. The van der Waals surface area contributed by atoms with Crippen LogP contribution in [0.15, 0.2) is 18.2 Å². The van der Waals surface area contributed by atoms with E-state index in [2.05, 4.69) is 18.2 Å². The Labute approximate surface area is 111 Å². The second-order valence-corrected chi connectivity index (χ2v) is 6.22. The first-order chi connectivity index (χ1) is 8.83. The van der Waals surface area contributed by atoms with Gasteiger partial charge in [0.1, 0.15) is 0 Å². The average molecular weight is 243 g/mol. The standard InChI is InChI=1S/C17H25N/c18-17(11-8-13-4-1-2-5-13)16-10-9-14-6-3-7-15(14)12-16/h9-10,12-13,17H,1-8,11,18H2. The zero-order valence-corrected chi connectivity index (χ0v) is 11.3. The fourth-order valence-corrected chi connectivity index (χ4v) is 3.70. The van der Waals surface area contributed by atoms with E-state index in [0.717, 1.165) is 5.92 Å². The molecule has 0 aromatic heterocycles. The van der Waals surface area contributed by atoms with Crippen LogP contribution in [0.1, 0.15) is 67.7 Å². The van der Waals surface area contributed by atoms with Gasteiger partial charge in [0.05, 0.1) is 0 Å². The molecule has 1 aromatic carbocycles. The third kappa shape index (κ3) is 2.61. The molecule has 1 aromatic rings. The van der Waals surface area contributed by atoms with E-state index in [0.29, 0.717) is 0 Å². The van der Waals surface area contributed by atoms with Crippen LogP contribution in [-0.2, 0) is 12.8 Å². The first-order valence-corrected chi connectivity index (χ1v) is 7.70. The Hall–Kier alpha value is -0.820. The maximum Gasteiger partial charge on any atom is 0.0295 e. The molecule has 0 bridgehead atoms. The smallest absolute Gasteiger partial charge is 0.0295 e. The lowest BCUT2D eigenvalue weighted by molar-refractivity contribution is 0.454. The van der Waals surface area contributed by atoms with E-state index in [1.165, 1.54) is 63.4 Å². The largest absolute Gasteiger partial charge is 0.324 e. The fraction of sp³-hybridized carbons (Fsp3) is 0.647. The predicted octanol–water partition coefficient (Wildman–Crippen LogP) is 4.15. The molecule has 2 aliphatic carbocycles. The van der Waals surface area contributed by atoms with E-state index in [4.69, 9.17) is 5.73 Å². The van der Waals surface area contributed by atoms with Gasteiger partial charge in [0.2, 0.25) is 0 Å². The van der Waals surface area contributed by atoms with Gasteiger partial charge >= 0.3 is 0 Å². The molecule has 98 valence electrons. The summed E-state index contributed by atoms with van der Waals surface area (Å²) in [5.74, 6) is 0.963. The first kappa shape index (κ1) is 12.2. The van der Waals surface area contributed by atoms with Crippen LogP contribution >= 0.6 is 0 Å². The van der Waals surface area contributed by atoms with Gasteiger partial charge in [0.15, 0.2) is 0 Å². The van der Waals surface area contributed by atoms with Crippen LogP contribution in [-0.4, -0.2) is 0 Å². The summed E-state index contributed by atoms with van der Waals surface area (Å²) in [6.45, 7) is 0. The molecule has 1 atom stereocenters. The Kier molecular flexibility index (Phi) is 3.69. The lowest BCUT2D eigenvalue weighted by Crippen LogP contribution is -2.12. The minimum Gasteiger partial charge on any atom is -0.324 e. The van der Waals surface area contributed by atoms with Gasteiger partial charge in [-0.05, 0) is 54.7 Å². The molecule has 1 heteroatoms. The number of rotatable bonds is 4. The van der Waals surface area contributed by atoms with E-state index >= 15 is 0 Å². The van der Waals surface area contributed by atoms with Crippen molar-refractivity contribution >= 4 is 0 Å². The molecule has 1 fully saturated rings. The molecule has 18 heavy (non-hydrogen) atoms. The van der Waals surface area contributed by atoms with Crippen molar-refractivity contribution in [3.05, 3.63) is 34.9 Å². The van der Waals surface area contributed by atoms with Gasteiger partial charge in [-0.25, -0.2) is 0 Å². The Morgan fingerprint density at radius 1 is 1.06 bits per heavy atom. The third-order valence-electron chi connectivity index (χ3n) is 4.91. The summed E-state index contributed by atoms with van der Waals surface area (Å²) in [5, 5.41) is 0. The van der Waals surface area contributed by atoms with Crippen molar-refractivity contribution in [3.63, 3.8) is 0 Å². The molecule has 1 saturated carbocycles. The molecule has 0 saturated heterocycles. The summed E-state index contributed by atoms with van der Waals surface area (Å²) in [7, 11) is 0. The number of fused-ring (bicyclic) bond motifs is 1. The first-order valence-electron chi connectivity index (χ1n) is 7.70. The Morgan fingerprint density at radius 3 is 2.67 bits per heavy atom. The molecule has 0 radical (unpaired) electrons. The van der Waals surface area contributed by atoms with Gasteiger partial charge in [-0.3, -0.25) is 0 Å². The molecular weight excluding hydrogens is 218 g/mol. The minimum atomic E-state index is 0.261. The molecule has 3 rings (SSSR count). The molecule has 0 heterocycles. The van der Waals surface area contributed by atoms with E-state index < -0.39 is 0 Å². The molecule has 0 aliphatic heterocycles. The number of benzene rings is 1. The molecule has 1 nitrogen and oxygen atoms in total. The van der Waals surface area contributed by atoms with Gasteiger partial charge in [-0.2, -0.15) is 0 Å². The van der Waals surface area contributed by atoms with Crippen LogP contribution < -0.4 is 5.73 Å². The normalized spacial score (nSPS) is 21.2. The van der Waals surface area contributed by atoms with Gasteiger partial charge in [-0.1, -0.05) is 43.9 Å². The SMILES string of the molecule is NC(CCC1CCCC1)c1ccc2c(c1)CCC2. The van der Waals surface area contributed by atoms with Crippen molar-refractivity contribution in [1.82, 2.24) is 0 Å². The Morgan fingerprint density at radius 2 is 1.83 bits per heavy atom. The highest BCUT2D eigenvalue weighted by Gasteiger charge is 2.18. The van der Waals surface area contributed by atoms with Gasteiger partial charge in [0, 0.05) is 6.04 Å². The quantitative estimate of drug-likeness (QED) is 0.845. The predicted molar refractivity (Wildman–Crippen MR) is 76.6 cm³/mol. The zero-order valence-electron chi connectivity index (χ0n) is 11.3. The minimum absolute atomic E-state index is 0.261. The van der Waals surface area contributed by atoms with Crippen LogP contribution in [0.5, 0.6) is 0 Å². The third-order valence-corrected chi connectivity index (χ3v) is 4.91. The molecule has 1 unspecified atom stereocenters. The van der Waals surface area contributed by atoms with Crippen molar-refractivity contribution in [2.24, 2.45) is 11.7 Å². The highest BCUT2D eigenvalue weighted by atomic mass is 14.6. The summed E-state index contributed by atoms with van der Waals surface area (Å²) in [5.41, 5.74) is 10.9. The summed E-state index contributed by atoms with van der Waals surface area (Å²) >= 11 is 0. The number of hydrogen-bond acceptors (Lipinski definition) is 1. The van der Waals surface area contributed by atoms with Crippen molar-refractivity contribution < 1.29 is 0 Å². The Bertz CT molecular complexity index is 404. The van der Waals surface area contributed by atoms with E-state index in [-0.39, 0.29) is 6.04 Å². The topological polar surface area (TPSA) is 26.0 Å². The Balaban J connectivity index is 1.59. The van der Waals surface area contributed by atoms with E-state index in [1.54, 1.807) is 11.1 Å². The van der Waals surface area contributed by atoms with Crippen LogP contribution in [0.4, 0.5) is 0 Å². The van der Waals surface area contributed by atoms with Gasteiger partial charge in [-0.15, -0.1) is 0 Å². The average Bonchev–Trinajstić information content (AvgIpc) is 3.05. The fourth-order valence-electron chi connectivity index (χ4n) is 3.70. The number of hydrogen-bond donors (Lipinski definition) is 1. The van der Waals surface area contributed by atoms with Crippen LogP contribution in [0, 0.1) is 5.92 Å². The second-order valence-electron chi connectivity index (χ2n) is 6.22. The summed E-state index contributed by atoms with van der Waals surface area (Å²) in [6.07, 6.45) is 12.1. The molecule has 2 aliphatic rings.